The molecule has 1 aromatic carbocycles. The molecule has 1 aromatic heterocycles. The van der Waals surface area contributed by atoms with Crippen LogP contribution in [0.15, 0.2) is 39.7 Å². The molecule has 0 saturated carbocycles. The van der Waals surface area contributed by atoms with Crippen LogP contribution in [0.5, 0.6) is 0 Å². The van der Waals surface area contributed by atoms with E-state index >= 15 is 0 Å². The van der Waals surface area contributed by atoms with Gasteiger partial charge in [0.2, 0.25) is 5.91 Å². The third-order valence-corrected chi connectivity index (χ3v) is 4.09. The lowest BCUT2D eigenvalue weighted by Crippen LogP contribution is -2.43. The predicted octanol–water partition coefficient (Wildman–Crippen LogP) is 2.92. The molecule has 0 radical (unpaired) electrons. The Bertz CT molecular complexity index is 703. The highest BCUT2D eigenvalue weighted by molar-refractivity contribution is 5.85. The molecule has 0 spiro atoms. The Morgan fingerprint density at radius 2 is 1.96 bits per heavy atom. The summed E-state index contributed by atoms with van der Waals surface area (Å²) in [6.07, 6.45) is 0.960. The average Bonchev–Trinajstić information content (AvgIpc) is 3.03. The number of rotatable bonds is 6. The van der Waals surface area contributed by atoms with Crippen molar-refractivity contribution in [1.29, 1.82) is 0 Å². The Hall–Kier alpha value is -2.50. The SMILES string of the molecule is CCC(C)NC(=NCC(=O)N(C)C)NC(C)c1cc2ccccc2o1. The number of furan rings is 1. The number of hydrogen-bond acceptors (Lipinski definition) is 3. The smallest absolute Gasteiger partial charge is 0.243 e. The number of para-hydroxylation sites is 1. The molecule has 2 atom stereocenters. The van der Waals surface area contributed by atoms with Gasteiger partial charge in [-0.05, 0) is 32.4 Å². The van der Waals surface area contributed by atoms with Crippen molar-refractivity contribution in [2.75, 3.05) is 20.6 Å². The van der Waals surface area contributed by atoms with E-state index in [9.17, 15) is 4.79 Å². The van der Waals surface area contributed by atoms with E-state index in [1.807, 2.05) is 37.3 Å². The Labute approximate surface area is 149 Å². The van der Waals surface area contributed by atoms with E-state index in [4.69, 9.17) is 4.42 Å². The third-order valence-electron chi connectivity index (χ3n) is 4.09. The Balaban J connectivity index is 2.13. The van der Waals surface area contributed by atoms with Gasteiger partial charge in [-0.15, -0.1) is 0 Å². The molecule has 0 aliphatic rings. The van der Waals surface area contributed by atoms with Crippen molar-refractivity contribution >= 4 is 22.8 Å². The second-order valence-corrected chi connectivity index (χ2v) is 6.46. The van der Waals surface area contributed by atoms with Gasteiger partial charge < -0.3 is 20.0 Å². The molecule has 2 N–H and O–H groups in total. The van der Waals surface area contributed by atoms with Gasteiger partial charge in [0.05, 0.1) is 6.04 Å². The Kier molecular flexibility index (Phi) is 6.44. The molecular formula is C19H28N4O2. The summed E-state index contributed by atoms with van der Waals surface area (Å²) < 4.78 is 5.91. The number of nitrogens with one attached hydrogen (secondary N) is 2. The van der Waals surface area contributed by atoms with Crippen LogP contribution >= 0.6 is 0 Å². The first-order valence-electron chi connectivity index (χ1n) is 8.66. The van der Waals surface area contributed by atoms with Crippen LogP contribution in [0.3, 0.4) is 0 Å². The fourth-order valence-electron chi connectivity index (χ4n) is 2.25. The number of aliphatic imine (C=N–C) groups is 1. The number of fused-ring (bicyclic) bond motifs is 1. The van der Waals surface area contributed by atoms with Gasteiger partial charge in [-0.2, -0.15) is 0 Å². The zero-order chi connectivity index (χ0) is 18.4. The highest BCUT2D eigenvalue weighted by Gasteiger charge is 2.15. The molecule has 25 heavy (non-hydrogen) atoms. The van der Waals surface area contributed by atoms with Crippen LogP contribution in [0.25, 0.3) is 11.0 Å². The van der Waals surface area contributed by atoms with E-state index in [-0.39, 0.29) is 24.5 Å². The van der Waals surface area contributed by atoms with E-state index in [0.29, 0.717) is 5.96 Å². The van der Waals surface area contributed by atoms with Gasteiger partial charge >= 0.3 is 0 Å². The number of carbonyl (C=O) groups excluding carboxylic acids is 1. The van der Waals surface area contributed by atoms with Crippen molar-refractivity contribution < 1.29 is 9.21 Å². The number of amides is 1. The molecule has 6 nitrogen and oxygen atoms in total. The minimum Gasteiger partial charge on any atom is -0.459 e. The summed E-state index contributed by atoms with van der Waals surface area (Å²) in [7, 11) is 3.45. The van der Waals surface area contributed by atoms with Crippen molar-refractivity contribution in [3.8, 4) is 0 Å². The molecular weight excluding hydrogens is 316 g/mol. The number of guanidine groups is 1. The number of benzene rings is 1. The topological polar surface area (TPSA) is 69.9 Å². The summed E-state index contributed by atoms with van der Waals surface area (Å²) in [5.41, 5.74) is 0.863. The lowest BCUT2D eigenvalue weighted by molar-refractivity contribution is -0.127. The first-order valence-corrected chi connectivity index (χ1v) is 8.66. The van der Waals surface area contributed by atoms with Gasteiger partial charge in [-0.3, -0.25) is 4.79 Å². The zero-order valence-corrected chi connectivity index (χ0v) is 15.7. The van der Waals surface area contributed by atoms with E-state index in [0.717, 1.165) is 23.2 Å². The van der Waals surface area contributed by atoms with Gasteiger partial charge in [-0.1, -0.05) is 25.1 Å². The predicted molar refractivity (Wildman–Crippen MR) is 102 cm³/mol. The maximum absolute atomic E-state index is 11.8. The van der Waals surface area contributed by atoms with Crippen LogP contribution in [0, 0.1) is 0 Å². The molecule has 0 saturated heterocycles. The first kappa shape index (κ1) is 18.8. The Morgan fingerprint density at radius 3 is 2.60 bits per heavy atom. The van der Waals surface area contributed by atoms with E-state index < -0.39 is 0 Å². The van der Waals surface area contributed by atoms with Crippen molar-refractivity contribution in [2.24, 2.45) is 4.99 Å². The van der Waals surface area contributed by atoms with E-state index in [2.05, 4.69) is 29.5 Å². The summed E-state index contributed by atoms with van der Waals surface area (Å²) in [5.74, 6) is 1.40. The summed E-state index contributed by atoms with van der Waals surface area (Å²) >= 11 is 0. The highest BCUT2D eigenvalue weighted by Crippen LogP contribution is 2.23. The Morgan fingerprint density at radius 1 is 1.24 bits per heavy atom. The zero-order valence-electron chi connectivity index (χ0n) is 15.7. The van der Waals surface area contributed by atoms with Crippen LogP contribution in [-0.4, -0.2) is 43.4 Å². The van der Waals surface area contributed by atoms with Crippen LogP contribution in [0.2, 0.25) is 0 Å². The van der Waals surface area contributed by atoms with Crippen molar-refractivity contribution in [3.05, 3.63) is 36.1 Å². The lowest BCUT2D eigenvalue weighted by atomic mass is 10.2. The van der Waals surface area contributed by atoms with Crippen LogP contribution in [0.4, 0.5) is 0 Å². The minimum absolute atomic E-state index is 0.0401. The summed E-state index contributed by atoms with van der Waals surface area (Å²) in [4.78, 5) is 17.8. The minimum atomic E-state index is -0.0721. The van der Waals surface area contributed by atoms with Crippen LogP contribution in [0.1, 0.15) is 39.0 Å². The van der Waals surface area contributed by atoms with E-state index in [1.165, 1.54) is 4.90 Å². The molecule has 2 aromatic rings. The highest BCUT2D eigenvalue weighted by atomic mass is 16.3. The number of hydrogen-bond donors (Lipinski definition) is 2. The molecule has 0 bridgehead atoms. The monoisotopic (exact) mass is 344 g/mol. The molecule has 6 heteroatoms. The van der Waals surface area contributed by atoms with Gasteiger partial charge in [0.25, 0.3) is 0 Å². The van der Waals surface area contributed by atoms with Crippen molar-refractivity contribution in [1.82, 2.24) is 15.5 Å². The van der Waals surface area contributed by atoms with E-state index in [1.54, 1.807) is 14.1 Å². The van der Waals surface area contributed by atoms with Gasteiger partial charge in [0.1, 0.15) is 17.9 Å². The number of carbonyl (C=O) groups is 1. The molecule has 0 fully saturated rings. The maximum atomic E-state index is 11.8. The first-order chi connectivity index (χ1) is 11.9. The van der Waals surface area contributed by atoms with Crippen molar-refractivity contribution in [2.45, 2.75) is 39.3 Å². The number of nitrogens with zero attached hydrogens (tertiary/aromatic N) is 2. The molecule has 0 aliphatic carbocycles. The second kappa shape index (κ2) is 8.55. The molecule has 136 valence electrons. The molecule has 2 rings (SSSR count). The molecule has 1 heterocycles. The second-order valence-electron chi connectivity index (χ2n) is 6.46. The van der Waals surface area contributed by atoms with Gasteiger partial charge in [-0.25, -0.2) is 4.99 Å². The third kappa shape index (κ3) is 5.24. The molecule has 2 unspecified atom stereocenters. The fraction of sp³-hybridized carbons (Fsp3) is 0.474. The van der Waals surface area contributed by atoms with Crippen LogP contribution in [-0.2, 0) is 4.79 Å². The molecule has 1 amide bonds. The quantitative estimate of drug-likeness (QED) is 0.624. The largest absolute Gasteiger partial charge is 0.459 e. The van der Waals surface area contributed by atoms with Gasteiger partial charge in [0, 0.05) is 25.5 Å². The lowest BCUT2D eigenvalue weighted by Gasteiger charge is -2.20. The van der Waals surface area contributed by atoms with Crippen molar-refractivity contribution in [3.63, 3.8) is 0 Å². The van der Waals surface area contributed by atoms with Crippen LogP contribution < -0.4 is 10.6 Å². The average molecular weight is 344 g/mol. The number of likely N-dealkylation sites (N-methyl/N-ethyl adjacent to an activating group) is 1. The summed E-state index contributed by atoms with van der Waals surface area (Å²) in [6.45, 7) is 6.30. The molecule has 0 aliphatic heterocycles. The summed E-state index contributed by atoms with van der Waals surface area (Å²) in [6, 6.07) is 10.1. The maximum Gasteiger partial charge on any atom is 0.243 e. The van der Waals surface area contributed by atoms with Gasteiger partial charge in [0.15, 0.2) is 5.96 Å². The fourth-order valence-corrected chi connectivity index (χ4v) is 2.25. The standard InChI is InChI=1S/C19H28N4O2/c1-6-13(2)21-19(20-12-18(24)23(4)5)22-14(3)17-11-15-9-7-8-10-16(15)25-17/h7-11,13-14H,6,12H2,1-5H3,(H2,20,21,22). The summed E-state index contributed by atoms with van der Waals surface area (Å²) in [5, 5.41) is 7.72. The normalized spacial score (nSPS) is 14.2.